The maximum Gasteiger partial charge on any atom is 0.322 e. The molecule has 70 valence electrons. The molecule has 12 heavy (non-hydrogen) atoms. The Bertz CT molecular complexity index is 166. The molecule has 0 bridgehead atoms. The summed E-state index contributed by atoms with van der Waals surface area (Å²) < 4.78 is 0. The third-order valence-corrected chi connectivity index (χ3v) is 3.57. The van der Waals surface area contributed by atoms with Gasteiger partial charge < -0.3 is 5.11 Å². The second kappa shape index (κ2) is 4.14. The van der Waals surface area contributed by atoms with Gasteiger partial charge in [0.25, 0.3) is 0 Å². The van der Waals surface area contributed by atoms with E-state index >= 15 is 0 Å². The number of thioether (sulfide) groups is 1. The van der Waals surface area contributed by atoms with Crippen LogP contribution in [0.3, 0.4) is 0 Å². The van der Waals surface area contributed by atoms with Gasteiger partial charge in [0.2, 0.25) is 0 Å². The van der Waals surface area contributed by atoms with Crippen LogP contribution >= 0.6 is 11.8 Å². The first-order chi connectivity index (χ1) is 5.63. The Morgan fingerprint density at radius 2 is 2.33 bits per heavy atom. The van der Waals surface area contributed by atoms with E-state index in [2.05, 4.69) is 0 Å². The molecule has 1 saturated heterocycles. The standard InChI is InChI=1S/C8H15NO2S/c1-9(2)7(8(10)11)6-4-3-5-12-6/h6-7H,3-5H2,1-2H3,(H,10,11). The van der Waals surface area contributed by atoms with E-state index in [1.807, 2.05) is 14.1 Å². The van der Waals surface area contributed by atoms with Crippen LogP contribution in [0.25, 0.3) is 0 Å². The quantitative estimate of drug-likeness (QED) is 0.716. The first-order valence-electron chi connectivity index (χ1n) is 4.13. The maximum absolute atomic E-state index is 10.9. The Hall–Kier alpha value is -0.220. The van der Waals surface area contributed by atoms with Crippen molar-refractivity contribution in [2.24, 2.45) is 0 Å². The van der Waals surface area contributed by atoms with E-state index in [0.717, 1.165) is 18.6 Å². The number of carboxylic acid groups (broad SMARTS) is 1. The molecular weight excluding hydrogens is 174 g/mol. The van der Waals surface area contributed by atoms with E-state index in [4.69, 9.17) is 5.11 Å². The minimum absolute atomic E-state index is 0.289. The topological polar surface area (TPSA) is 40.5 Å². The van der Waals surface area contributed by atoms with Crippen molar-refractivity contribution >= 4 is 17.7 Å². The van der Waals surface area contributed by atoms with Crippen LogP contribution in [0.2, 0.25) is 0 Å². The fourth-order valence-corrected chi connectivity index (χ4v) is 3.08. The molecule has 0 aromatic heterocycles. The molecule has 0 aromatic rings. The molecule has 0 aliphatic carbocycles. The molecule has 3 nitrogen and oxygen atoms in total. The summed E-state index contributed by atoms with van der Waals surface area (Å²) in [5, 5.41) is 9.24. The molecule has 0 radical (unpaired) electrons. The summed E-state index contributed by atoms with van der Waals surface area (Å²) in [7, 11) is 3.66. The third-order valence-electron chi connectivity index (χ3n) is 2.13. The van der Waals surface area contributed by atoms with E-state index in [0.29, 0.717) is 0 Å². The van der Waals surface area contributed by atoms with E-state index in [-0.39, 0.29) is 11.3 Å². The first-order valence-corrected chi connectivity index (χ1v) is 5.18. The summed E-state index contributed by atoms with van der Waals surface area (Å²) in [6.45, 7) is 0. The highest BCUT2D eigenvalue weighted by Gasteiger charge is 2.32. The average Bonchev–Trinajstić information content (AvgIpc) is 2.37. The van der Waals surface area contributed by atoms with Crippen LogP contribution in [-0.2, 0) is 4.79 Å². The second-order valence-electron chi connectivity index (χ2n) is 3.30. The zero-order chi connectivity index (χ0) is 9.14. The van der Waals surface area contributed by atoms with Crippen molar-refractivity contribution in [3.8, 4) is 0 Å². The summed E-state index contributed by atoms with van der Waals surface area (Å²) in [5.74, 6) is 0.418. The fourth-order valence-electron chi connectivity index (χ4n) is 1.56. The number of rotatable bonds is 3. The first kappa shape index (κ1) is 9.86. The van der Waals surface area contributed by atoms with Gasteiger partial charge in [-0.15, -0.1) is 0 Å². The van der Waals surface area contributed by atoms with Crippen molar-refractivity contribution in [1.82, 2.24) is 4.90 Å². The molecule has 1 aliphatic heterocycles. The lowest BCUT2D eigenvalue weighted by molar-refractivity contribution is -0.142. The smallest absolute Gasteiger partial charge is 0.322 e. The highest BCUT2D eigenvalue weighted by Crippen LogP contribution is 2.30. The molecule has 1 heterocycles. The van der Waals surface area contributed by atoms with E-state index in [1.165, 1.54) is 0 Å². The summed E-state index contributed by atoms with van der Waals surface area (Å²) >= 11 is 1.78. The van der Waals surface area contributed by atoms with Crippen molar-refractivity contribution in [3.63, 3.8) is 0 Å². The van der Waals surface area contributed by atoms with Crippen LogP contribution in [0, 0.1) is 0 Å². The molecule has 4 heteroatoms. The van der Waals surface area contributed by atoms with E-state index in [1.54, 1.807) is 16.7 Å². The van der Waals surface area contributed by atoms with Crippen molar-refractivity contribution < 1.29 is 9.90 Å². The van der Waals surface area contributed by atoms with Crippen LogP contribution in [0.1, 0.15) is 12.8 Å². The SMILES string of the molecule is CN(C)C(C(=O)O)C1CCCS1. The Morgan fingerprint density at radius 1 is 1.67 bits per heavy atom. The van der Waals surface area contributed by atoms with Crippen LogP contribution in [0.4, 0.5) is 0 Å². The molecule has 0 spiro atoms. The molecule has 2 unspecified atom stereocenters. The van der Waals surface area contributed by atoms with E-state index < -0.39 is 5.97 Å². The minimum Gasteiger partial charge on any atom is -0.480 e. The van der Waals surface area contributed by atoms with Crippen LogP contribution in [0.5, 0.6) is 0 Å². The van der Waals surface area contributed by atoms with Gasteiger partial charge in [-0.2, -0.15) is 11.8 Å². The normalized spacial score (nSPS) is 26.1. The molecule has 0 aromatic carbocycles. The van der Waals surface area contributed by atoms with Crippen LogP contribution < -0.4 is 0 Å². The Morgan fingerprint density at radius 3 is 2.67 bits per heavy atom. The number of likely N-dealkylation sites (N-methyl/N-ethyl adjacent to an activating group) is 1. The zero-order valence-electron chi connectivity index (χ0n) is 7.49. The number of nitrogens with zero attached hydrogens (tertiary/aromatic N) is 1. The summed E-state index contributed by atoms with van der Waals surface area (Å²) in [6.07, 6.45) is 2.20. The highest BCUT2D eigenvalue weighted by atomic mass is 32.2. The zero-order valence-corrected chi connectivity index (χ0v) is 8.30. The Kier molecular flexibility index (Phi) is 3.40. The molecule has 2 atom stereocenters. The summed E-state index contributed by atoms with van der Waals surface area (Å²) in [6, 6.07) is -0.308. The molecule has 1 N–H and O–H groups in total. The Labute approximate surface area is 77.1 Å². The van der Waals surface area contributed by atoms with Gasteiger partial charge in [0.1, 0.15) is 6.04 Å². The molecular formula is C8H15NO2S. The van der Waals surface area contributed by atoms with Gasteiger partial charge in [-0.25, -0.2) is 0 Å². The average molecular weight is 189 g/mol. The number of carboxylic acids is 1. The van der Waals surface area contributed by atoms with Crippen molar-refractivity contribution in [2.75, 3.05) is 19.8 Å². The fraction of sp³-hybridized carbons (Fsp3) is 0.875. The number of carbonyl (C=O) groups is 1. The van der Waals surface area contributed by atoms with Crippen molar-refractivity contribution in [2.45, 2.75) is 24.1 Å². The summed E-state index contributed by atoms with van der Waals surface area (Å²) in [4.78, 5) is 12.7. The Balaban J connectivity index is 2.58. The molecule has 0 saturated carbocycles. The maximum atomic E-state index is 10.9. The second-order valence-corrected chi connectivity index (χ2v) is 4.65. The van der Waals surface area contributed by atoms with Gasteiger partial charge in [0, 0.05) is 5.25 Å². The lowest BCUT2D eigenvalue weighted by atomic mass is 10.1. The van der Waals surface area contributed by atoms with Gasteiger partial charge in [-0.3, -0.25) is 9.69 Å². The molecule has 1 aliphatic rings. The highest BCUT2D eigenvalue weighted by molar-refractivity contribution is 8.00. The summed E-state index contributed by atoms with van der Waals surface area (Å²) in [5.41, 5.74) is 0. The van der Waals surface area contributed by atoms with Gasteiger partial charge in [-0.1, -0.05) is 0 Å². The monoisotopic (exact) mass is 189 g/mol. The lowest BCUT2D eigenvalue weighted by Crippen LogP contribution is -2.42. The molecule has 1 fully saturated rings. The van der Waals surface area contributed by atoms with Gasteiger partial charge in [0.05, 0.1) is 0 Å². The van der Waals surface area contributed by atoms with Gasteiger partial charge >= 0.3 is 5.97 Å². The van der Waals surface area contributed by atoms with Crippen LogP contribution in [0.15, 0.2) is 0 Å². The molecule has 0 amide bonds. The number of aliphatic carboxylic acids is 1. The van der Waals surface area contributed by atoms with Gasteiger partial charge in [-0.05, 0) is 32.7 Å². The predicted molar refractivity (Wildman–Crippen MR) is 50.6 cm³/mol. The van der Waals surface area contributed by atoms with E-state index in [9.17, 15) is 4.79 Å². The lowest BCUT2D eigenvalue weighted by Gasteiger charge is -2.24. The van der Waals surface area contributed by atoms with Crippen molar-refractivity contribution in [1.29, 1.82) is 0 Å². The van der Waals surface area contributed by atoms with Crippen LogP contribution in [-0.4, -0.2) is 47.1 Å². The number of hydrogen-bond acceptors (Lipinski definition) is 3. The van der Waals surface area contributed by atoms with Crippen molar-refractivity contribution in [3.05, 3.63) is 0 Å². The minimum atomic E-state index is -0.695. The largest absolute Gasteiger partial charge is 0.480 e. The number of hydrogen-bond donors (Lipinski definition) is 1. The predicted octanol–water partition coefficient (Wildman–Crippen LogP) is 0.897. The third kappa shape index (κ3) is 2.14. The molecule has 1 rings (SSSR count). The van der Waals surface area contributed by atoms with Gasteiger partial charge in [0.15, 0.2) is 0 Å².